The van der Waals surface area contributed by atoms with E-state index in [0.29, 0.717) is 16.8 Å². The van der Waals surface area contributed by atoms with Crippen LogP contribution in [0.15, 0.2) is 78.9 Å². The molecular weight excluding hydrogens is 329 g/mol. The van der Waals surface area contributed by atoms with Gasteiger partial charge in [0.15, 0.2) is 0 Å². The summed E-state index contributed by atoms with van der Waals surface area (Å²) in [6.07, 6.45) is 0. The van der Waals surface area contributed by atoms with Gasteiger partial charge in [0.1, 0.15) is 0 Å². The van der Waals surface area contributed by atoms with Crippen LogP contribution < -0.4 is 4.90 Å². The number of carbonyl (C=O) groups excluding carboxylic acids is 2. The van der Waals surface area contributed by atoms with Gasteiger partial charge in [0.05, 0.1) is 5.69 Å². The van der Waals surface area contributed by atoms with E-state index >= 15 is 0 Å². The first kappa shape index (κ1) is 17.6. The normalized spacial score (nSPS) is 10.2. The lowest BCUT2D eigenvalue weighted by molar-refractivity contribution is 0.0897. The average Bonchev–Trinajstić information content (AvgIpc) is 3.29. The molecule has 2 aliphatic rings. The Labute approximate surface area is 151 Å². The van der Waals surface area contributed by atoms with Crippen molar-refractivity contribution < 1.29 is 19.6 Å². The van der Waals surface area contributed by atoms with Gasteiger partial charge in [0, 0.05) is 11.1 Å². The van der Waals surface area contributed by atoms with Crippen molar-refractivity contribution in [1.82, 2.24) is 0 Å². The molecule has 128 valence electrons. The molecule has 0 unspecified atom stereocenters. The second kappa shape index (κ2) is 7.78. The van der Waals surface area contributed by atoms with E-state index < -0.39 is 7.69 Å². The highest BCUT2D eigenvalue weighted by Crippen LogP contribution is 2.40. The summed E-state index contributed by atoms with van der Waals surface area (Å²) in [5.41, 5.74) is 3.79. The minimum Gasteiger partial charge on any atom is -0.430 e. The molecular formula is C20H16BNO4. The third-order valence-electron chi connectivity index (χ3n) is 3.87. The van der Waals surface area contributed by atoms with Gasteiger partial charge in [-0.05, 0) is 53.6 Å². The number of hydrogen-bond acceptors (Lipinski definition) is 4. The fraction of sp³-hybridized carbons (Fsp3) is 0. The monoisotopic (exact) mass is 345 g/mol. The van der Waals surface area contributed by atoms with Crippen LogP contribution in [0, 0.1) is 0 Å². The van der Waals surface area contributed by atoms with Crippen molar-refractivity contribution in [1.29, 1.82) is 0 Å². The largest absolute Gasteiger partial charge is 0.432 e. The van der Waals surface area contributed by atoms with Crippen molar-refractivity contribution in [3.63, 3.8) is 0 Å². The van der Waals surface area contributed by atoms with Crippen LogP contribution in [0.4, 0.5) is 5.69 Å². The second-order valence-electron chi connectivity index (χ2n) is 5.59. The zero-order valence-electron chi connectivity index (χ0n) is 13.9. The molecule has 0 saturated heterocycles. The minimum absolute atomic E-state index is 0.315. The fourth-order valence-corrected chi connectivity index (χ4v) is 2.62. The molecule has 0 fully saturated rings. The van der Waals surface area contributed by atoms with E-state index in [2.05, 4.69) is 0 Å². The molecule has 2 N–H and O–H groups in total. The van der Waals surface area contributed by atoms with Gasteiger partial charge in [0.25, 0.3) is 11.8 Å². The van der Waals surface area contributed by atoms with E-state index in [0.717, 1.165) is 11.1 Å². The van der Waals surface area contributed by atoms with Gasteiger partial charge >= 0.3 is 7.69 Å². The number of rotatable bonds is 3. The highest BCUT2D eigenvalue weighted by atomic mass is 16.4. The minimum atomic E-state index is -0.750. The molecule has 0 atom stereocenters. The lowest BCUT2D eigenvalue weighted by Gasteiger charge is -2.20. The first-order valence-electron chi connectivity index (χ1n) is 8.01. The van der Waals surface area contributed by atoms with Crippen LogP contribution in [0.1, 0.15) is 20.7 Å². The Balaban J connectivity index is 0.000000613. The predicted molar refractivity (Wildman–Crippen MR) is 101 cm³/mol. The van der Waals surface area contributed by atoms with Gasteiger partial charge in [-0.3, -0.25) is 9.59 Å². The van der Waals surface area contributed by atoms with Gasteiger partial charge in [-0.25, -0.2) is 4.90 Å². The van der Waals surface area contributed by atoms with E-state index in [1.54, 1.807) is 48.5 Å². The predicted octanol–water partition coefficient (Wildman–Crippen LogP) is 2.39. The molecule has 0 heterocycles. The van der Waals surface area contributed by atoms with Crippen LogP contribution in [0.25, 0.3) is 11.1 Å². The molecule has 2 aromatic rings. The van der Waals surface area contributed by atoms with Crippen LogP contribution in [-0.2, 0) is 0 Å². The van der Waals surface area contributed by atoms with Gasteiger partial charge in [-0.2, -0.15) is 0 Å². The summed E-state index contributed by atoms with van der Waals surface area (Å²) in [5, 5.41) is 14.2. The number of amides is 2. The molecule has 5 nitrogen and oxygen atoms in total. The number of nitrogens with zero attached hydrogens (tertiary/aromatic N) is 1. The maximum Gasteiger partial charge on any atom is 0.432 e. The number of fused-ring (bicyclic) bond motifs is 1. The number of imide groups is 1. The van der Waals surface area contributed by atoms with Crippen molar-refractivity contribution in [3.8, 4) is 11.1 Å². The Morgan fingerprint density at radius 1 is 0.692 bits per heavy atom. The molecule has 6 heteroatoms. The summed E-state index contributed by atoms with van der Waals surface area (Å²) in [6, 6.07) is 23.5. The maximum atomic E-state index is 12.9. The summed E-state index contributed by atoms with van der Waals surface area (Å²) in [7, 11) is -0.750. The van der Waals surface area contributed by atoms with Gasteiger partial charge in [-0.1, -0.05) is 36.4 Å². The van der Waals surface area contributed by atoms with Crippen LogP contribution in [0.3, 0.4) is 0 Å². The number of anilines is 1. The Kier molecular flexibility index (Phi) is 5.27. The van der Waals surface area contributed by atoms with Crippen molar-refractivity contribution >= 4 is 25.2 Å². The first-order chi connectivity index (χ1) is 12.7. The third kappa shape index (κ3) is 3.72. The standard InChI is InChI=1S/C20H13NO2.BH3O2/c22-19(14-7-3-1-4-8-14)21(18-12-16-11-17(16)13-18)20(23)15-9-5-2-6-10-15;2-1-3/h1-13H;1-3H. The number of benzene rings is 3. The zero-order valence-corrected chi connectivity index (χ0v) is 13.9. The summed E-state index contributed by atoms with van der Waals surface area (Å²) < 4.78 is 0. The van der Waals surface area contributed by atoms with Gasteiger partial charge in [-0.15, -0.1) is 0 Å². The molecule has 0 aliphatic heterocycles. The van der Waals surface area contributed by atoms with E-state index in [-0.39, 0.29) is 11.8 Å². The molecule has 0 saturated carbocycles. The van der Waals surface area contributed by atoms with E-state index in [9.17, 15) is 9.59 Å². The molecule has 2 aliphatic carbocycles. The smallest absolute Gasteiger partial charge is 0.430 e. The van der Waals surface area contributed by atoms with E-state index in [1.807, 2.05) is 30.3 Å². The summed E-state index contributed by atoms with van der Waals surface area (Å²) in [6.45, 7) is 0. The van der Waals surface area contributed by atoms with E-state index in [1.165, 1.54) is 4.90 Å². The molecule has 0 bridgehead atoms. The number of carbonyl (C=O) groups is 2. The first-order valence-corrected chi connectivity index (χ1v) is 8.01. The third-order valence-corrected chi connectivity index (χ3v) is 3.87. The second-order valence-corrected chi connectivity index (χ2v) is 5.59. The van der Waals surface area contributed by atoms with Crippen LogP contribution >= 0.6 is 0 Å². The Morgan fingerprint density at radius 2 is 1.08 bits per heavy atom. The number of hydrogen-bond donors (Lipinski definition) is 2. The maximum absolute atomic E-state index is 12.9. The Bertz CT molecular complexity index is 857. The van der Waals surface area contributed by atoms with Crippen molar-refractivity contribution in [2.45, 2.75) is 0 Å². The van der Waals surface area contributed by atoms with Crippen molar-refractivity contribution in [2.75, 3.05) is 4.90 Å². The summed E-state index contributed by atoms with van der Waals surface area (Å²) in [4.78, 5) is 27.0. The van der Waals surface area contributed by atoms with Crippen molar-refractivity contribution in [2.24, 2.45) is 0 Å². The van der Waals surface area contributed by atoms with Crippen LogP contribution in [-0.4, -0.2) is 29.5 Å². The molecule has 0 spiro atoms. The molecule has 0 radical (unpaired) electrons. The highest BCUT2D eigenvalue weighted by Gasteiger charge is 2.29. The molecule has 2 amide bonds. The van der Waals surface area contributed by atoms with Gasteiger partial charge < -0.3 is 10.0 Å². The molecule has 0 aromatic heterocycles. The Morgan fingerprint density at radius 3 is 1.46 bits per heavy atom. The quantitative estimate of drug-likeness (QED) is 0.442. The molecule has 4 rings (SSSR count). The Hall–Kier alpha value is -3.22. The SMILES string of the molecule is O=C(c1ccccc1)N(C(=O)c1ccccc1)c1cc2cc-2c1.OBO. The molecule has 26 heavy (non-hydrogen) atoms. The fourth-order valence-electron chi connectivity index (χ4n) is 2.62. The highest BCUT2D eigenvalue weighted by molar-refractivity contribution is 6.26. The lowest BCUT2D eigenvalue weighted by atomic mass is 10.1. The van der Waals surface area contributed by atoms with E-state index in [4.69, 9.17) is 10.0 Å². The summed E-state index contributed by atoms with van der Waals surface area (Å²) >= 11 is 0. The van der Waals surface area contributed by atoms with Crippen LogP contribution in [0.5, 0.6) is 0 Å². The average molecular weight is 345 g/mol. The van der Waals surface area contributed by atoms with Crippen molar-refractivity contribution in [3.05, 3.63) is 90.0 Å². The van der Waals surface area contributed by atoms with Gasteiger partial charge in [0.2, 0.25) is 0 Å². The zero-order chi connectivity index (χ0) is 18.5. The van der Waals surface area contributed by atoms with Crippen LogP contribution in [0.2, 0.25) is 0 Å². The summed E-state index contributed by atoms with van der Waals surface area (Å²) in [5.74, 6) is -0.631. The molecule has 2 aromatic carbocycles. The topological polar surface area (TPSA) is 77.8 Å². The lowest BCUT2D eigenvalue weighted by Crippen LogP contribution is -2.36.